The summed E-state index contributed by atoms with van der Waals surface area (Å²) in [6, 6.07) is 4.09. The van der Waals surface area contributed by atoms with Gasteiger partial charge in [-0.25, -0.2) is 4.79 Å². The summed E-state index contributed by atoms with van der Waals surface area (Å²) in [7, 11) is 1.56. The molecule has 0 bridgehead atoms. The Balaban J connectivity index is 1.84. The maximum absolute atomic E-state index is 13.4. The number of nitrogens with zero attached hydrogens (tertiary/aromatic N) is 3. The van der Waals surface area contributed by atoms with Gasteiger partial charge in [-0.1, -0.05) is 32.0 Å². The standard InChI is InChI=1S/C21H28F3N3O3/c1-14(2)10-18-19(28)25(8-9-30-3)12-16-13-26(20(29)27(16)18)11-15-6-4-5-7-17(15)21(22,23)24/h4-7,14,16,18H,8-13H2,1-3H3/t16-,18-/m0/s1. The molecule has 2 aliphatic rings. The van der Waals surface area contributed by atoms with Crippen molar-refractivity contribution >= 4 is 11.9 Å². The van der Waals surface area contributed by atoms with E-state index >= 15 is 0 Å². The number of carbonyl (C=O) groups excluding carboxylic acids is 2. The number of urea groups is 1. The van der Waals surface area contributed by atoms with Crippen LogP contribution in [0.2, 0.25) is 0 Å². The van der Waals surface area contributed by atoms with Crippen molar-refractivity contribution in [2.45, 2.75) is 45.1 Å². The fraction of sp³-hybridized carbons (Fsp3) is 0.619. The van der Waals surface area contributed by atoms with Crippen molar-refractivity contribution in [3.05, 3.63) is 35.4 Å². The molecule has 3 rings (SSSR count). The molecule has 0 N–H and O–H groups in total. The van der Waals surface area contributed by atoms with Crippen LogP contribution in [0.15, 0.2) is 24.3 Å². The number of alkyl halides is 3. The van der Waals surface area contributed by atoms with E-state index in [9.17, 15) is 22.8 Å². The van der Waals surface area contributed by atoms with E-state index < -0.39 is 17.8 Å². The van der Waals surface area contributed by atoms with Gasteiger partial charge in [0, 0.05) is 33.3 Å². The molecule has 0 spiro atoms. The summed E-state index contributed by atoms with van der Waals surface area (Å²) < 4.78 is 45.2. The average molecular weight is 427 g/mol. The molecule has 6 nitrogen and oxygen atoms in total. The highest BCUT2D eigenvalue weighted by Crippen LogP contribution is 2.34. The molecule has 3 amide bonds. The Kier molecular flexibility index (Phi) is 6.59. The summed E-state index contributed by atoms with van der Waals surface area (Å²) in [5.41, 5.74) is -0.680. The van der Waals surface area contributed by atoms with Crippen LogP contribution < -0.4 is 0 Å². The smallest absolute Gasteiger partial charge is 0.383 e. The first kappa shape index (κ1) is 22.4. The Morgan fingerprint density at radius 3 is 2.43 bits per heavy atom. The molecule has 1 aromatic carbocycles. The maximum atomic E-state index is 13.4. The SMILES string of the molecule is COCCN1C[C@H]2CN(Cc3ccccc3C(F)(F)F)C(=O)N2[C@@H](CC(C)C)C1=O. The second-order valence-corrected chi connectivity index (χ2v) is 8.30. The molecular weight excluding hydrogens is 399 g/mol. The maximum Gasteiger partial charge on any atom is 0.416 e. The van der Waals surface area contributed by atoms with Crippen LogP contribution in [0, 0.1) is 5.92 Å². The number of methoxy groups -OCH3 is 1. The quantitative estimate of drug-likeness (QED) is 0.672. The number of halogens is 3. The van der Waals surface area contributed by atoms with E-state index in [-0.39, 0.29) is 42.6 Å². The van der Waals surface area contributed by atoms with E-state index in [0.29, 0.717) is 26.1 Å². The first-order chi connectivity index (χ1) is 14.1. The van der Waals surface area contributed by atoms with Gasteiger partial charge in [0.25, 0.3) is 0 Å². The van der Waals surface area contributed by atoms with Crippen molar-refractivity contribution < 1.29 is 27.5 Å². The van der Waals surface area contributed by atoms with E-state index in [0.717, 1.165) is 6.07 Å². The lowest BCUT2D eigenvalue weighted by Crippen LogP contribution is -2.61. The fourth-order valence-corrected chi connectivity index (χ4v) is 4.28. The second-order valence-electron chi connectivity index (χ2n) is 8.30. The van der Waals surface area contributed by atoms with Crippen molar-refractivity contribution in [1.29, 1.82) is 0 Å². The number of carbonyl (C=O) groups is 2. The van der Waals surface area contributed by atoms with E-state index in [1.54, 1.807) is 16.9 Å². The molecule has 2 saturated heterocycles. The van der Waals surface area contributed by atoms with E-state index in [1.165, 1.54) is 23.1 Å². The molecule has 0 aromatic heterocycles. The third-order valence-corrected chi connectivity index (χ3v) is 5.62. The van der Waals surface area contributed by atoms with E-state index in [1.807, 2.05) is 13.8 Å². The number of hydrogen-bond acceptors (Lipinski definition) is 3. The van der Waals surface area contributed by atoms with Gasteiger partial charge in [0.1, 0.15) is 6.04 Å². The van der Waals surface area contributed by atoms with E-state index in [2.05, 4.69) is 0 Å². The van der Waals surface area contributed by atoms with Gasteiger partial charge >= 0.3 is 12.2 Å². The van der Waals surface area contributed by atoms with Gasteiger partial charge in [-0.05, 0) is 24.0 Å². The lowest BCUT2D eigenvalue weighted by molar-refractivity contribution is -0.143. The lowest BCUT2D eigenvalue weighted by Gasteiger charge is -2.42. The zero-order chi connectivity index (χ0) is 22.1. The molecule has 166 valence electrons. The summed E-state index contributed by atoms with van der Waals surface area (Å²) in [5, 5.41) is 0. The van der Waals surface area contributed by atoms with Gasteiger partial charge in [0.2, 0.25) is 5.91 Å². The minimum absolute atomic E-state index is 0.0566. The molecule has 0 unspecified atom stereocenters. The third kappa shape index (κ3) is 4.55. The van der Waals surface area contributed by atoms with Crippen LogP contribution in [0.25, 0.3) is 0 Å². The van der Waals surface area contributed by atoms with E-state index in [4.69, 9.17) is 4.74 Å². The van der Waals surface area contributed by atoms with Crippen molar-refractivity contribution in [3.63, 3.8) is 0 Å². The molecule has 1 aromatic rings. The molecule has 2 aliphatic heterocycles. The molecule has 2 atom stereocenters. The summed E-state index contributed by atoms with van der Waals surface area (Å²) in [5.74, 6) is 0.0673. The van der Waals surface area contributed by atoms with Crippen LogP contribution in [0.4, 0.5) is 18.0 Å². The first-order valence-electron chi connectivity index (χ1n) is 10.1. The lowest BCUT2D eigenvalue weighted by atomic mass is 9.97. The highest BCUT2D eigenvalue weighted by Gasteiger charge is 2.49. The number of piperazine rings is 1. The second kappa shape index (κ2) is 8.83. The van der Waals surface area contributed by atoms with Crippen LogP contribution >= 0.6 is 0 Å². The number of fused-ring (bicyclic) bond motifs is 1. The first-order valence-corrected chi connectivity index (χ1v) is 10.1. The monoisotopic (exact) mass is 427 g/mol. The summed E-state index contributed by atoms with van der Waals surface area (Å²) in [6.45, 7) is 5.30. The molecule has 2 fully saturated rings. The topological polar surface area (TPSA) is 53.1 Å². The molecule has 0 saturated carbocycles. The van der Waals surface area contributed by atoms with Crippen LogP contribution in [0.5, 0.6) is 0 Å². The van der Waals surface area contributed by atoms with Crippen molar-refractivity contribution in [3.8, 4) is 0 Å². The third-order valence-electron chi connectivity index (χ3n) is 5.62. The highest BCUT2D eigenvalue weighted by atomic mass is 19.4. The summed E-state index contributed by atoms with van der Waals surface area (Å²) in [6.07, 6.45) is -3.98. The average Bonchev–Trinajstić information content (AvgIpc) is 2.97. The predicted octanol–water partition coefficient (Wildman–Crippen LogP) is 3.21. The van der Waals surface area contributed by atoms with Gasteiger partial charge in [-0.15, -0.1) is 0 Å². The Bertz CT molecular complexity index is 784. The van der Waals surface area contributed by atoms with Crippen molar-refractivity contribution in [2.75, 3.05) is 33.4 Å². The number of rotatable bonds is 7. The van der Waals surface area contributed by atoms with Crippen molar-refractivity contribution in [1.82, 2.24) is 14.7 Å². The Morgan fingerprint density at radius 1 is 1.13 bits per heavy atom. The Morgan fingerprint density at radius 2 is 1.80 bits per heavy atom. The number of hydrogen-bond donors (Lipinski definition) is 0. The van der Waals surface area contributed by atoms with Crippen molar-refractivity contribution in [2.24, 2.45) is 5.92 Å². The Hall–Kier alpha value is -2.29. The number of benzene rings is 1. The normalized spacial score (nSPS) is 22.3. The molecular formula is C21H28F3N3O3. The zero-order valence-corrected chi connectivity index (χ0v) is 17.5. The van der Waals surface area contributed by atoms with Gasteiger partial charge in [0.05, 0.1) is 18.2 Å². The van der Waals surface area contributed by atoms with Gasteiger partial charge in [0.15, 0.2) is 0 Å². The molecule has 9 heteroatoms. The molecule has 2 heterocycles. The van der Waals surface area contributed by atoms with Crippen LogP contribution in [-0.4, -0.2) is 72.1 Å². The minimum atomic E-state index is -4.49. The number of amides is 3. The summed E-state index contributed by atoms with van der Waals surface area (Å²) >= 11 is 0. The minimum Gasteiger partial charge on any atom is -0.383 e. The van der Waals surface area contributed by atoms with Crippen LogP contribution in [-0.2, 0) is 22.3 Å². The largest absolute Gasteiger partial charge is 0.416 e. The highest BCUT2D eigenvalue weighted by molar-refractivity contribution is 5.90. The van der Waals surface area contributed by atoms with Gasteiger partial charge in [-0.2, -0.15) is 13.2 Å². The van der Waals surface area contributed by atoms with Gasteiger partial charge < -0.3 is 19.4 Å². The van der Waals surface area contributed by atoms with Gasteiger partial charge in [-0.3, -0.25) is 4.79 Å². The fourth-order valence-electron chi connectivity index (χ4n) is 4.28. The van der Waals surface area contributed by atoms with Crippen LogP contribution in [0.3, 0.4) is 0 Å². The Labute approximate surface area is 174 Å². The molecule has 30 heavy (non-hydrogen) atoms. The predicted molar refractivity (Wildman–Crippen MR) is 105 cm³/mol. The summed E-state index contributed by atoms with van der Waals surface area (Å²) in [4.78, 5) is 30.9. The van der Waals surface area contributed by atoms with Crippen LogP contribution in [0.1, 0.15) is 31.4 Å². The molecule has 0 aliphatic carbocycles. The molecule has 0 radical (unpaired) electrons. The zero-order valence-electron chi connectivity index (χ0n) is 17.5. The number of ether oxygens (including phenoxy) is 1.